The minimum Gasteiger partial charge on any atom is -0.493 e. The van der Waals surface area contributed by atoms with E-state index >= 15 is 0 Å². The van der Waals surface area contributed by atoms with Gasteiger partial charge in [-0.25, -0.2) is 0 Å². The average Bonchev–Trinajstić information content (AvgIpc) is 2.53. The number of carbonyl (C=O) groups excluding carboxylic acids is 1. The van der Waals surface area contributed by atoms with Crippen molar-refractivity contribution in [1.82, 2.24) is 5.32 Å². The lowest BCUT2D eigenvalue weighted by atomic mass is 9.93. The molecule has 0 aromatic heterocycles. The predicted molar refractivity (Wildman–Crippen MR) is 83.1 cm³/mol. The molecule has 21 heavy (non-hydrogen) atoms. The average molecular weight is 302 g/mol. The number of hydrogen-bond donors (Lipinski definition) is 1. The summed E-state index contributed by atoms with van der Waals surface area (Å²) in [6.07, 6.45) is 0.903. The van der Waals surface area contributed by atoms with Gasteiger partial charge in [-0.1, -0.05) is 41.9 Å². The van der Waals surface area contributed by atoms with Gasteiger partial charge in [0, 0.05) is 12.5 Å². The zero-order chi connectivity index (χ0) is 14.7. The summed E-state index contributed by atoms with van der Waals surface area (Å²) in [5.74, 6) is 1.06. The number of para-hydroxylation sites is 1. The summed E-state index contributed by atoms with van der Waals surface area (Å²) in [4.78, 5) is 12.2. The van der Waals surface area contributed by atoms with E-state index in [4.69, 9.17) is 16.3 Å². The molecule has 0 bridgehead atoms. The van der Waals surface area contributed by atoms with Gasteiger partial charge in [0.15, 0.2) is 0 Å². The van der Waals surface area contributed by atoms with Crippen LogP contribution in [0, 0.1) is 0 Å². The van der Waals surface area contributed by atoms with E-state index in [2.05, 4.69) is 11.4 Å². The number of rotatable bonds is 3. The molecule has 1 atom stereocenters. The van der Waals surface area contributed by atoms with E-state index < -0.39 is 0 Å². The Kier molecular flexibility index (Phi) is 4.11. The van der Waals surface area contributed by atoms with Crippen molar-refractivity contribution >= 4 is 17.5 Å². The number of nitrogens with one attached hydrogen (secondary N) is 1. The summed E-state index contributed by atoms with van der Waals surface area (Å²) < 4.78 is 5.63. The van der Waals surface area contributed by atoms with Crippen molar-refractivity contribution in [2.24, 2.45) is 0 Å². The van der Waals surface area contributed by atoms with Crippen LogP contribution in [0.4, 0.5) is 0 Å². The molecule has 2 aromatic rings. The summed E-state index contributed by atoms with van der Waals surface area (Å²) >= 11 is 6.04. The number of amides is 1. The van der Waals surface area contributed by atoms with E-state index in [-0.39, 0.29) is 11.8 Å². The van der Waals surface area contributed by atoms with Gasteiger partial charge >= 0.3 is 0 Å². The van der Waals surface area contributed by atoms with Gasteiger partial charge < -0.3 is 10.1 Å². The molecule has 1 amide bonds. The van der Waals surface area contributed by atoms with Gasteiger partial charge in [0.25, 0.3) is 5.91 Å². The predicted octanol–water partition coefficient (Wildman–Crippen LogP) is 3.64. The Morgan fingerprint density at radius 3 is 2.81 bits per heavy atom. The summed E-state index contributed by atoms with van der Waals surface area (Å²) in [7, 11) is 0. The van der Waals surface area contributed by atoms with Crippen LogP contribution in [0.3, 0.4) is 0 Å². The van der Waals surface area contributed by atoms with E-state index in [0.29, 0.717) is 23.7 Å². The van der Waals surface area contributed by atoms with Crippen molar-refractivity contribution < 1.29 is 9.53 Å². The van der Waals surface area contributed by atoms with E-state index in [1.165, 1.54) is 0 Å². The third-order valence-electron chi connectivity index (χ3n) is 3.71. The van der Waals surface area contributed by atoms with Crippen molar-refractivity contribution in [1.29, 1.82) is 0 Å². The lowest BCUT2D eigenvalue weighted by Crippen LogP contribution is -2.30. The number of hydrogen-bond acceptors (Lipinski definition) is 2. The van der Waals surface area contributed by atoms with Crippen molar-refractivity contribution in [2.45, 2.75) is 12.3 Å². The van der Waals surface area contributed by atoms with Gasteiger partial charge in [0.1, 0.15) is 5.75 Å². The Labute approximate surface area is 128 Å². The monoisotopic (exact) mass is 301 g/mol. The van der Waals surface area contributed by atoms with Crippen LogP contribution in [0.25, 0.3) is 0 Å². The highest BCUT2D eigenvalue weighted by molar-refractivity contribution is 6.33. The molecule has 1 unspecified atom stereocenters. The highest BCUT2D eigenvalue weighted by Gasteiger charge is 2.21. The molecule has 1 heterocycles. The maximum Gasteiger partial charge on any atom is 0.252 e. The molecular formula is C17H16ClNO2. The molecule has 3 rings (SSSR count). The summed E-state index contributed by atoms with van der Waals surface area (Å²) in [5, 5.41) is 3.45. The van der Waals surface area contributed by atoms with Crippen molar-refractivity contribution in [3.8, 4) is 5.75 Å². The highest BCUT2D eigenvalue weighted by atomic mass is 35.5. The van der Waals surface area contributed by atoms with Crippen LogP contribution in [-0.4, -0.2) is 19.1 Å². The van der Waals surface area contributed by atoms with Crippen LogP contribution in [0.1, 0.15) is 28.3 Å². The second-order valence-corrected chi connectivity index (χ2v) is 5.47. The minimum absolute atomic E-state index is 0.135. The van der Waals surface area contributed by atoms with Crippen LogP contribution in [0.2, 0.25) is 5.02 Å². The Balaban J connectivity index is 1.69. The first-order valence-corrected chi connectivity index (χ1v) is 7.38. The maximum absolute atomic E-state index is 12.2. The Morgan fingerprint density at radius 2 is 1.95 bits per heavy atom. The molecule has 0 aliphatic carbocycles. The van der Waals surface area contributed by atoms with Gasteiger partial charge in [-0.2, -0.15) is 0 Å². The molecule has 2 aromatic carbocycles. The molecule has 4 heteroatoms. The molecule has 3 nitrogen and oxygen atoms in total. The lowest BCUT2D eigenvalue weighted by molar-refractivity contribution is 0.0948. The Morgan fingerprint density at radius 1 is 1.19 bits per heavy atom. The largest absolute Gasteiger partial charge is 0.493 e. The summed E-state index contributed by atoms with van der Waals surface area (Å²) in [5.41, 5.74) is 1.67. The molecule has 0 radical (unpaired) electrons. The van der Waals surface area contributed by atoms with Gasteiger partial charge in [0.05, 0.1) is 17.2 Å². The number of carbonyl (C=O) groups is 1. The van der Waals surface area contributed by atoms with Crippen molar-refractivity contribution in [3.63, 3.8) is 0 Å². The molecule has 1 aliphatic heterocycles. The second-order valence-electron chi connectivity index (χ2n) is 5.06. The van der Waals surface area contributed by atoms with E-state index in [9.17, 15) is 4.79 Å². The number of halogens is 1. The van der Waals surface area contributed by atoms with Crippen molar-refractivity contribution in [3.05, 3.63) is 64.7 Å². The molecule has 0 saturated heterocycles. The molecule has 1 N–H and O–H groups in total. The molecule has 0 fully saturated rings. The van der Waals surface area contributed by atoms with Crippen molar-refractivity contribution in [2.75, 3.05) is 13.2 Å². The Bertz CT molecular complexity index is 657. The fourth-order valence-corrected chi connectivity index (χ4v) is 2.81. The Hall–Kier alpha value is -2.00. The fraction of sp³-hybridized carbons (Fsp3) is 0.235. The van der Waals surface area contributed by atoms with Gasteiger partial charge in [-0.3, -0.25) is 4.79 Å². The molecule has 1 aliphatic rings. The van der Waals surface area contributed by atoms with E-state index in [0.717, 1.165) is 17.7 Å². The zero-order valence-corrected chi connectivity index (χ0v) is 12.3. The van der Waals surface area contributed by atoms with Crippen LogP contribution in [0.5, 0.6) is 5.75 Å². The van der Waals surface area contributed by atoms with Crippen LogP contribution < -0.4 is 10.1 Å². The zero-order valence-electron chi connectivity index (χ0n) is 11.5. The maximum atomic E-state index is 12.2. The molecular weight excluding hydrogens is 286 g/mol. The van der Waals surface area contributed by atoms with Gasteiger partial charge in [-0.05, 0) is 30.2 Å². The third-order valence-corrected chi connectivity index (χ3v) is 4.04. The van der Waals surface area contributed by atoms with E-state index in [1.807, 2.05) is 30.3 Å². The quantitative estimate of drug-likeness (QED) is 0.940. The molecule has 0 spiro atoms. The van der Waals surface area contributed by atoms with Crippen LogP contribution >= 0.6 is 11.6 Å². The topological polar surface area (TPSA) is 38.3 Å². The number of benzene rings is 2. The fourth-order valence-electron chi connectivity index (χ4n) is 2.58. The second kappa shape index (κ2) is 6.19. The molecule has 108 valence electrons. The SMILES string of the molecule is O=C(NCC1CCOc2ccccc21)c1ccccc1Cl. The highest BCUT2D eigenvalue weighted by Crippen LogP contribution is 2.32. The van der Waals surface area contributed by atoms with Gasteiger partial charge in [0.2, 0.25) is 0 Å². The normalized spacial score (nSPS) is 16.7. The first-order valence-electron chi connectivity index (χ1n) is 7.00. The lowest BCUT2D eigenvalue weighted by Gasteiger charge is -2.26. The van der Waals surface area contributed by atoms with Gasteiger partial charge in [-0.15, -0.1) is 0 Å². The first kappa shape index (κ1) is 14.0. The number of ether oxygens (including phenoxy) is 1. The summed E-state index contributed by atoms with van der Waals surface area (Å²) in [6.45, 7) is 1.27. The minimum atomic E-state index is -0.135. The van der Waals surface area contributed by atoms with Crippen LogP contribution in [0.15, 0.2) is 48.5 Å². The first-order chi connectivity index (χ1) is 10.3. The third kappa shape index (κ3) is 3.03. The summed E-state index contributed by atoms with van der Waals surface area (Å²) in [6, 6.07) is 15.1. The number of fused-ring (bicyclic) bond motifs is 1. The molecule has 0 saturated carbocycles. The van der Waals surface area contributed by atoms with Crippen LogP contribution in [-0.2, 0) is 0 Å². The smallest absolute Gasteiger partial charge is 0.252 e. The standard InChI is InChI=1S/C17H16ClNO2/c18-15-7-3-1-6-14(15)17(20)19-11-12-9-10-21-16-8-4-2-5-13(12)16/h1-8,12H,9-11H2,(H,19,20). The van der Waals surface area contributed by atoms with E-state index in [1.54, 1.807) is 12.1 Å².